The molecular formula is C37H40O12S. The summed E-state index contributed by atoms with van der Waals surface area (Å²) < 4.78 is 41.2. The Morgan fingerprint density at radius 3 is 1.74 bits per heavy atom. The Kier molecular flexibility index (Phi) is 13.0. The first-order valence-electron chi connectivity index (χ1n) is 16.3. The highest BCUT2D eigenvalue weighted by atomic mass is 32.2. The van der Waals surface area contributed by atoms with Gasteiger partial charge in [-0.2, -0.15) is 0 Å². The largest absolute Gasteiger partial charge is 0.463 e. The van der Waals surface area contributed by atoms with Crippen LogP contribution in [0.5, 0.6) is 0 Å². The van der Waals surface area contributed by atoms with Crippen LogP contribution in [0.25, 0.3) is 0 Å². The lowest BCUT2D eigenvalue weighted by Gasteiger charge is -2.40. The first-order valence-corrected chi connectivity index (χ1v) is 17.2. The van der Waals surface area contributed by atoms with Crippen molar-refractivity contribution in [2.75, 3.05) is 13.2 Å². The van der Waals surface area contributed by atoms with Crippen molar-refractivity contribution in [3.63, 3.8) is 0 Å². The summed E-state index contributed by atoms with van der Waals surface area (Å²) in [6.07, 6.45) is -6.42. The maximum absolute atomic E-state index is 13.5. The summed E-state index contributed by atoms with van der Waals surface area (Å²) in [5.74, 6) is -2.56. The van der Waals surface area contributed by atoms with Crippen LogP contribution in [-0.2, 0) is 38.0 Å². The fourth-order valence-corrected chi connectivity index (χ4v) is 7.00. The molecule has 2 saturated heterocycles. The van der Waals surface area contributed by atoms with E-state index in [0.717, 1.165) is 11.8 Å². The van der Waals surface area contributed by atoms with E-state index in [0.29, 0.717) is 5.56 Å². The van der Waals surface area contributed by atoms with E-state index < -0.39 is 71.4 Å². The maximum atomic E-state index is 13.5. The lowest BCUT2D eigenvalue weighted by Crippen LogP contribution is -2.50. The molecule has 50 heavy (non-hydrogen) atoms. The number of carbonyl (C=O) groups excluding carboxylic acids is 4. The summed E-state index contributed by atoms with van der Waals surface area (Å²) in [6.45, 7) is 4.38. The summed E-state index contributed by atoms with van der Waals surface area (Å²) in [5, 5.41) is 10.4. The first kappa shape index (κ1) is 37.0. The Morgan fingerprint density at radius 2 is 1.22 bits per heavy atom. The average Bonchev–Trinajstić information content (AvgIpc) is 3.42. The summed E-state index contributed by atoms with van der Waals surface area (Å²) in [4.78, 5) is 51.6. The zero-order valence-electron chi connectivity index (χ0n) is 27.8. The second-order valence-electron chi connectivity index (χ2n) is 12.0. The highest BCUT2D eigenvalue weighted by Gasteiger charge is 2.53. The van der Waals surface area contributed by atoms with Gasteiger partial charge < -0.3 is 38.3 Å². The van der Waals surface area contributed by atoms with Crippen molar-refractivity contribution < 1.29 is 57.4 Å². The van der Waals surface area contributed by atoms with Crippen molar-refractivity contribution in [3.8, 4) is 0 Å². The number of aliphatic hydroxyl groups is 1. The van der Waals surface area contributed by atoms with E-state index in [-0.39, 0.29) is 36.9 Å². The molecule has 3 aromatic carbocycles. The molecule has 12 nitrogen and oxygen atoms in total. The third-order valence-electron chi connectivity index (χ3n) is 7.84. The minimum Gasteiger partial charge on any atom is -0.463 e. The molecule has 2 heterocycles. The molecule has 0 saturated carbocycles. The van der Waals surface area contributed by atoms with Crippen molar-refractivity contribution >= 4 is 35.6 Å². The van der Waals surface area contributed by atoms with Crippen molar-refractivity contribution in [2.45, 2.75) is 80.8 Å². The number of ether oxygens (including phenoxy) is 7. The SMILES string of the molecule is CC(=O)OC[C@H]1O[C@H](OC(C)C)[C@H](O)C[C@H]1S[C@H]1O[C@H](COC(=O)c2ccccc2)[C@@H](OC(=O)c2ccccc2)[C@@H]1OC(=O)c1ccccc1. The van der Waals surface area contributed by atoms with Crippen LogP contribution in [0, 0.1) is 0 Å². The van der Waals surface area contributed by atoms with E-state index in [1.165, 1.54) is 6.92 Å². The molecule has 5 rings (SSSR count). The Hall–Kier alpha value is -4.27. The third kappa shape index (κ3) is 9.92. The summed E-state index contributed by atoms with van der Waals surface area (Å²) >= 11 is 1.16. The van der Waals surface area contributed by atoms with Gasteiger partial charge in [-0.05, 0) is 56.7 Å². The number of aliphatic hydroxyl groups excluding tert-OH is 1. The van der Waals surface area contributed by atoms with Gasteiger partial charge in [-0.3, -0.25) is 4.79 Å². The molecule has 1 N–H and O–H groups in total. The zero-order chi connectivity index (χ0) is 35.6. The molecule has 2 aliphatic heterocycles. The monoisotopic (exact) mass is 708 g/mol. The van der Waals surface area contributed by atoms with Gasteiger partial charge in [-0.15, -0.1) is 11.8 Å². The Bertz CT molecular complexity index is 1570. The summed E-state index contributed by atoms with van der Waals surface area (Å²) in [7, 11) is 0. The molecule has 0 spiro atoms. The van der Waals surface area contributed by atoms with Crippen LogP contribution in [-0.4, -0.2) is 95.8 Å². The van der Waals surface area contributed by atoms with Gasteiger partial charge in [0, 0.05) is 12.2 Å². The Labute approximate surface area is 294 Å². The number of thioether (sulfide) groups is 1. The van der Waals surface area contributed by atoms with Crippen LogP contribution in [0.3, 0.4) is 0 Å². The van der Waals surface area contributed by atoms with Crippen LogP contribution in [0.1, 0.15) is 58.3 Å². The van der Waals surface area contributed by atoms with Crippen LogP contribution < -0.4 is 0 Å². The molecule has 2 aliphatic rings. The molecule has 2 fully saturated rings. The fraction of sp³-hybridized carbons (Fsp3) is 0.405. The highest BCUT2D eigenvalue weighted by molar-refractivity contribution is 8.00. The molecule has 13 heteroatoms. The molecule has 0 aromatic heterocycles. The van der Waals surface area contributed by atoms with Gasteiger partial charge in [0.25, 0.3) is 0 Å². The predicted octanol–water partition coefficient (Wildman–Crippen LogP) is 4.59. The van der Waals surface area contributed by atoms with Crippen molar-refractivity contribution in [2.24, 2.45) is 0 Å². The van der Waals surface area contributed by atoms with Gasteiger partial charge >= 0.3 is 23.9 Å². The maximum Gasteiger partial charge on any atom is 0.338 e. The van der Waals surface area contributed by atoms with Gasteiger partial charge in [-0.1, -0.05) is 54.6 Å². The summed E-state index contributed by atoms with van der Waals surface area (Å²) in [6, 6.07) is 24.9. The van der Waals surface area contributed by atoms with E-state index >= 15 is 0 Å². The minimum absolute atomic E-state index is 0.134. The Morgan fingerprint density at radius 1 is 0.720 bits per heavy atom. The van der Waals surface area contributed by atoms with Gasteiger partial charge in [0.1, 0.15) is 37.0 Å². The van der Waals surface area contributed by atoms with Gasteiger partial charge in [0.15, 0.2) is 18.5 Å². The zero-order valence-corrected chi connectivity index (χ0v) is 28.6. The lowest BCUT2D eigenvalue weighted by atomic mass is 10.1. The second-order valence-corrected chi connectivity index (χ2v) is 13.3. The number of esters is 4. The van der Waals surface area contributed by atoms with E-state index in [1.807, 2.05) is 0 Å². The van der Waals surface area contributed by atoms with Gasteiger partial charge in [0.2, 0.25) is 0 Å². The fourth-order valence-electron chi connectivity index (χ4n) is 5.45. The molecule has 3 aromatic rings. The van der Waals surface area contributed by atoms with Gasteiger partial charge in [0.05, 0.1) is 22.8 Å². The standard InChI is InChI=1S/C37H40O12S/c1-22(2)45-36-27(39)19-30(28(46-36)20-43-23(3)38)50-37-32(49-35(42)26-17-11-6-12-18-26)31(48-34(41)25-15-9-5-10-16-25)29(47-37)21-44-33(40)24-13-7-4-8-14-24/h4-18,22,27-32,36-37,39H,19-21H2,1-3H3/t27-,28-,29-,30-,31-,32+,36+,37-/m1/s1. The molecule has 0 unspecified atom stereocenters. The van der Waals surface area contributed by atoms with Crippen LogP contribution >= 0.6 is 11.8 Å². The van der Waals surface area contributed by atoms with Crippen LogP contribution in [0.2, 0.25) is 0 Å². The second kappa shape index (κ2) is 17.6. The first-order chi connectivity index (χ1) is 24.1. The van der Waals surface area contributed by atoms with Crippen LogP contribution in [0.15, 0.2) is 91.0 Å². The smallest absolute Gasteiger partial charge is 0.338 e. The number of rotatable bonds is 13. The molecule has 0 amide bonds. The van der Waals surface area contributed by atoms with E-state index in [9.17, 15) is 24.3 Å². The van der Waals surface area contributed by atoms with E-state index in [2.05, 4.69) is 0 Å². The molecular weight excluding hydrogens is 668 g/mol. The van der Waals surface area contributed by atoms with Crippen molar-refractivity contribution in [1.29, 1.82) is 0 Å². The number of hydrogen-bond acceptors (Lipinski definition) is 13. The summed E-state index contributed by atoms with van der Waals surface area (Å²) in [5.41, 5.74) is -0.208. The third-order valence-corrected chi connectivity index (χ3v) is 9.33. The quantitative estimate of drug-likeness (QED) is 0.195. The Balaban J connectivity index is 1.45. The topological polar surface area (TPSA) is 153 Å². The number of carbonyl (C=O) groups is 4. The molecule has 0 bridgehead atoms. The number of benzene rings is 3. The number of hydrogen-bond donors (Lipinski definition) is 1. The average molecular weight is 709 g/mol. The van der Waals surface area contributed by atoms with Gasteiger partial charge in [-0.25, -0.2) is 14.4 Å². The molecule has 266 valence electrons. The van der Waals surface area contributed by atoms with Crippen LogP contribution in [0.4, 0.5) is 0 Å². The molecule has 0 radical (unpaired) electrons. The predicted molar refractivity (Wildman–Crippen MR) is 180 cm³/mol. The molecule has 8 atom stereocenters. The highest BCUT2D eigenvalue weighted by Crippen LogP contribution is 2.41. The van der Waals surface area contributed by atoms with E-state index in [4.69, 9.17) is 33.2 Å². The van der Waals surface area contributed by atoms with Crippen molar-refractivity contribution in [3.05, 3.63) is 108 Å². The minimum atomic E-state index is -1.23. The normalized spacial score (nSPS) is 26.2. The molecule has 0 aliphatic carbocycles. The van der Waals surface area contributed by atoms with Crippen molar-refractivity contribution in [1.82, 2.24) is 0 Å². The lowest BCUT2D eigenvalue weighted by molar-refractivity contribution is -0.255. The van der Waals surface area contributed by atoms with E-state index in [1.54, 1.807) is 105 Å².